The number of aromatic nitrogens is 1. The number of hydrogen-bond acceptors (Lipinski definition) is 5. The molecule has 1 aliphatic carbocycles. The zero-order valence-corrected chi connectivity index (χ0v) is 20.8. The van der Waals surface area contributed by atoms with Crippen molar-refractivity contribution in [2.24, 2.45) is 0 Å². The number of nitrogens with zero attached hydrogens (tertiary/aromatic N) is 3. The van der Waals surface area contributed by atoms with Crippen molar-refractivity contribution in [3.63, 3.8) is 0 Å². The van der Waals surface area contributed by atoms with Crippen molar-refractivity contribution in [1.82, 2.24) is 15.2 Å². The number of allylic oxidation sites excluding steroid dienone is 3. The average Bonchev–Trinajstić information content (AvgIpc) is 3.71. The highest BCUT2D eigenvalue weighted by Gasteiger charge is 2.36. The second kappa shape index (κ2) is 9.11. The number of hydrogen-bond donors (Lipinski definition) is 1. The first-order valence-corrected chi connectivity index (χ1v) is 13.3. The fourth-order valence-electron chi connectivity index (χ4n) is 6.04. The van der Waals surface area contributed by atoms with E-state index in [2.05, 4.69) is 57.7 Å². The normalized spacial score (nSPS) is 21.9. The lowest BCUT2D eigenvalue weighted by atomic mass is 9.93. The number of nitrogens with one attached hydrogen (secondary N) is 1. The third kappa shape index (κ3) is 3.97. The number of benzene rings is 1. The molecule has 186 valence electrons. The van der Waals surface area contributed by atoms with E-state index in [0.717, 1.165) is 60.0 Å². The third-order valence-electron chi connectivity index (χ3n) is 7.92. The molecule has 1 N–H and O–H groups in total. The molecule has 7 rings (SSSR count). The summed E-state index contributed by atoms with van der Waals surface area (Å²) < 4.78 is 5.75. The first kappa shape index (κ1) is 22.2. The Morgan fingerprint density at radius 2 is 2.00 bits per heavy atom. The Bertz CT molecular complexity index is 1410. The summed E-state index contributed by atoms with van der Waals surface area (Å²) in [5.41, 5.74) is 7.83. The molecule has 5 aliphatic rings. The van der Waals surface area contributed by atoms with E-state index >= 15 is 0 Å². The standard InChI is InChI=1S/C31H30N4O2/c36-29(12-8-21-7-11-28(32-20-21)34-15-3-4-16-34)35-17-13-25-24-5-1-2-6-26(24)33-30(25)31(35)23-9-10-27-22(19-23)14-18-37-27/h1-2,5-12,19-20,26,33H,3-4,13-18H2/b12-8+/t26-/m1/s1. The molecule has 6 nitrogen and oxygen atoms in total. The van der Waals surface area contributed by atoms with Crippen LogP contribution in [0.4, 0.5) is 5.82 Å². The summed E-state index contributed by atoms with van der Waals surface area (Å²) in [6, 6.07) is 10.6. The minimum atomic E-state index is -0.0188. The van der Waals surface area contributed by atoms with Crippen LogP contribution >= 0.6 is 0 Å². The number of rotatable bonds is 4. The molecule has 0 spiro atoms. The maximum atomic E-state index is 13.6. The van der Waals surface area contributed by atoms with E-state index in [1.807, 2.05) is 29.3 Å². The molecule has 37 heavy (non-hydrogen) atoms. The molecule has 1 amide bonds. The fraction of sp³-hybridized carbons (Fsp3) is 0.290. The van der Waals surface area contributed by atoms with E-state index in [4.69, 9.17) is 4.74 Å². The smallest absolute Gasteiger partial charge is 0.251 e. The van der Waals surface area contributed by atoms with Crippen LogP contribution in [0.25, 0.3) is 11.8 Å². The van der Waals surface area contributed by atoms with Gasteiger partial charge in [0.05, 0.1) is 24.0 Å². The maximum absolute atomic E-state index is 13.6. The summed E-state index contributed by atoms with van der Waals surface area (Å²) >= 11 is 0. The molecular formula is C31H30N4O2. The molecule has 0 bridgehead atoms. The molecular weight excluding hydrogens is 460 g/mol. The van der Waals surface area contributed by atoms with Gasteiger partial charge in [-0.3, -0.25) is 4.79 Å². The molecule has 1 atom stereocenters. The van der Waals surface area contributed by atoms with Crippen LogP contribution in [0.5, 0.6) is 5.75 Å². The van der Waals surface area contributed by atoms with Crippen molar-refractivity contribution >= 4 is 23.5 Å². The second-order valence-electron chi connectivity index (χ2n) is 10.2. The number of fused-ring (bicyclic) bond motifs is 3. The van der Waals surface area contributed by atoms with E-state index in [0.29, 0.717) is 13.2 Å². The summed E-state index contributed by atoms with van der Waals surface area (Å²) in [6.45, 7) is 3.50. The highest BCUT2D eigenvalue weighted by molar-refractivity contribution is 5.99. The topological polar surface area (TPSA) is 57.7 Å². The lowest BCUT2D eigenvalue weighted by Crippen LogP contribution is -2.35. The molecule has 2 aromatic rings. The van der Waals surface area contributed by atoms with Crippen molar-refractivity contribution in [2.75, 3.05) is 31.1 Å². The van der Waals surface area contributed by atoms with Gasteiger partial charge in [-0.05, 0) is 77.9 Å². The molecule has 1 fully saturated rings. The molecule has 1 aromatic carbocycles. The van der Waals surface area contributed by atoms with Crippen LogP contribution in [0.15, 0.2) is 83.8 Å². The van der Waals surface area contributed by atoms with E-state index in [-0.39, 0.29) is 11.9 Å². The first-order chi connectivity index (χ1) is 18.2. The van der Waals surface area contributed by atoms with Gasteiger partial charge >= 0.3 is 0 Å². The predicted molar refractivity (Wildman–Crippen MR) is 146 cm³/mol. The summed E-state index contributed by atoms with van der Waals surface area (Å²) in [7, 11) is 0. The zero-order valence-electron chi connectivity index (χ0n) is 20.8. The maximum Gasteiger partial charge on any atom is 0.251 e. The van der Waals surface area contributed by atoms with E-state index in [9.17, 15) is 4.79 Å². The summed E-state index contributed by atoms with van der Waals surface area (Å²) in [5, 5.41) is 3.71. The minimum absolute atomic E-state index is 0.0188. The highest BCUT2D eigenvalue weighted by atomic mass is 16.5. The molecule has 1 aromatic heterocycles. The Labute approximate surface area is 217 Å². The van der Waals surface area contributed by atoms with Crippen molar-refractivity contribution in [1.29, 1.82) is 0 Å². The predicted octanol–water partition coefficient (Wildman–Crippen LogP) is 4.63. The zero-order chi connectivity index (χ0) is 24.8. The molecule has 0 saturated carbocycles. The molecule has 6 heteroatoms. The largest absolute Gasteiger partial charge is 0.493 e. The monoisotopic (exact) mass is 490 g/mol. The number of amides is 1. The molecule has 0 radical (unpaired) electrons. The van der Waals surface area contributed by atoms with Gasteiger partial charge in [0.1, 0.15) is 11.6 Å². The Morgan fingerprint density at radius 3 is 2.86 bits per heavy atom. The van der Waals surface area contributed by atoms with Crippen LogP contribution in [-0.4, -0.2) is 48.1 Å². The van der Waals surface area contributed by atoms with E-state index < -0.39 is 0 Å². The number of pyridine rings is 1. The lowest BCUT2D eigenvalue weighted by Gasteiger charge is -2.32. The van der Waals surface area contributed by atoms with Crippen molar-refractivity contribution < 1.29 is 9.53 Å². The van der Waals surface area contributed by atoms with Gasteiger partial charge in [0.25, 0.3) is 5.91 Å². The van der Waals surface area contributed by atoms with E-state index in [1.54, 1.807) is 6.08 Å². The Morgan fingerprint density at radius 1 is 1.08 bits per heavy atom. The molecule has 5 heterocycles. The van der Waals surface area contributed by atoms with Crippen LogP contribution in [0.1, 0.15) is 36.0 Å². The van der Waals surface area contributed by atoms with Gasteiger partial charge < -0.3 is 19.9 Å². The quantitative estimate of drug-likeness (QED) is 0.634. The van der Waals surface area contributed by atoms with Crippen LogP contribution in [0.3, 0.4) is 0 Å². The van der Waals surface area contributed by atoms with Gasteiger partial charge in [0.15, 0.2) is 0 Å². The van der Waals surface area contributed by atoms with Crippen LogP contribution in [0, 0.1) is 0 Å². The molecule has 0 unspecified atom stereocenters. The fourth-order valence-corrected chi connectivity index (χ4v) is 6.04. The van der Waals surface area contributed by atoms with Crippen LogP contribution < -0.4 is 15.0 Å². The number of carbonyl (C=O) groups is 1. The average molecular weight is 491 g/mol. The Balaban J connectivity index is 1.21. The van der Waals surface area contributed by atoms with Crippen molar-refractivity contribution in [2.45, 2.75) is 31.7 Å². The highest BCUT2D eigenvalue weighted by Crippen LogP contribution is 2.41. The van der Waals surface area contributed by atoms with Crippen molar-refractivity contribution in [3.8, 4) is 5.75 Å². The Kier molecular flexibility index (Phi) is 5.46. The lowest BCUT2D eigenvalue weighted by molar-refractivity contribution is -0.123. The van der Waals surface area contributed by atoms with Gasteiger partial charge in [-0.2, -0.15) is 0 Å². The number of carbonyl (C=O) groups excluding carboxylic acids is 1. The van der Waals surface area contributed by atoms with Crippen LogP contribution in [0.2, 0.25) is 0 Å². The number of anilines is 1. The van der Waals surface area contributed by atoms with Gasteiger partial charge in [-0.25, -0.2) is 4.98 Å². The van der Waals surface area contributed by atoms with Gasteiger partial charge in [0.2, 0.25) is 0 Å². The number of ether oxygens (including phenoxy) is 1. The SMILES string of the molecule is O=C(/C=C/c1ccc(N2CCCC2)nc1)N1CCC2=C3C=CC=C[C@H]3NC2=C1c1ccc2c(c1)CCO2. The van der Waals surface area contributed by atoms with Crippen LogP contribution in [-0.2, 0) is 11.2 Å². The second-order valence-corrected chi connectivity index (χ2v) is 10.2. The molecule has 4 aliphatic heterocycles. The summed E-state index contributed by atoms with van der Waals surface area (Å²) in [5.74, 6) is 1.95. The molecule has 1 saturated heterocycles. The summed E-state index contributed by atoms with van der Waals surface area (Å²) in [4.78, 5) is 22.5. The third-order valence-corrected chi connectivity index (χ3v) is 7.92. The van der Waals surface area contributed by atoms with Gasteiger partial charge in [0, 0.05) is 43.9 Å². The first-order valence-electron chi connectivity index (χ1n) is 13.3. The van der Waals surface area contributed by atoms with E-state index in [1.165, 1.54) is 29.6 Å². The van der Waals surface area contributed by atoms with Gasteiger partial charge in [-0.15, -0.1) is 0 Å². The minimum Gasteiger partial charge on any atom is -0.493 e. The Hall–Kier alpha value is -4.06. The summed E-state index contributed by atoms with van der Waals surface area (Å²) in [6.07, 6.45) is 18.2. The van der Waals surface area contributed by atoms with Gasteiger partial charge in [-0.1, -0.05) is 24.3 Å². The van der Waals surface area contributed by atoms with Crippen molar-refractivity contribution in [3.05, 3.63) is 100 Å².